The van der Waals surface area contributed by atoms with Crippen molar-refractivity contribution in [2.45, 2.75) is 30.9 Å². The quantitative estimate of drug-likeness (QED) is 0.272. The maximum Gasteiger partial charge on any atom is 0.255 e. The van der Waals surface area contributed by atoms with Gasteiger partial charge in [0.2, 0.25) is 5.78 Å². The molecular weight excluding hydrogens is 538 g/mol. The van der Waals surface area contributed by atoms with Crippen molar-refractivity contribution in [3.63, 3.8) is 0 Å². The first-order valence-electron chi connectivity index (χ1n) is 13.5. The van der Waals surface area contributed by atoms with Crippen molar-refractivity contribution in [1.29, 1.82) is 0 Å². The molecule has 0 heterocycles. The number of rotatable bonds is 4. The molecule has 0 bridgehead atoms. The SMILES string of the molecule is CN(C)c1cc(C#CCc2ccccc2)c(O)c2c1C[C@@H]1C[C@@H]3[C@@H](N(C)C)C(O)=C(C(N)=O)C(=O)[C@]3(O)C(O)=C1C2=O. The number of ketones is 2. The van der Waals surface area contributed by atoms with E-state index in [0.717, 1.165) is 5.56 Å². The third-order valence-corrected chi connectivity index (χ3v) is 8.54. The molecule has 6 N–H and O–H groups in total. The highest BCUT2D eigenvalue weighted by Gasteiger charge is 2.63. The second-order valence-electron chi connectivity index (χ2n) is 11.5. The lowest BCUT2D eigenvalue weighted by molar-refractivity contribution is -0.148. The number of hydrogen-bond donors (Lipinski definition) is 5. The molecule has 0 fully saturated rings. The first-order chi connectivity index (χ1) is 19.8. The van der Waals surface area contributed by atoms with Crippen molar-refractivity contribution in [2.75, 3.05) is 33.1 Å². The van der Waals surface area contributed by atoms with Gasteiger partial charge in [-0.1, -0.05) is 42.2 Å². The number of nitrogens with two attached hydrogens (primary N) is 1. The van der Waals surface area contributed by atoms with E-state index in [-0.39, 0.29) is 35.3 Å². The molecule has 10 heteroatoms. The van der Waals surface area contributed by atoms with Crippen LogP contribution in [0.5, 0.6) is 5.75 Å². The smallest absolute Gasteiger partial charge is 0.255 e. The molecule has 0 saturated heterocycles. The summed E-state index contributed by atoms with van der Waals surface area (Å²) < 4.78 is 0. The van der Waals surface area contributed by atoms with Crippen molar-refractivity contribution in [1.82, 2.24) is 4.90 Å². The molecule has 10 nitrogen and oxygen atoms in total. The fraction of sp³-hybridized carbons (Fsp3) is 0.344. The minimum atomic E-state index is -2.68. The molecule has 5 rings (SSSR count). The molecule has 0 saturated carbocycles. The van der Waals surface area contributed by atoms with Gasteiger partial charge in [0.1, 0.15) is 22.8 Å². The standard InChI is InChI=1S/C32H33N3O7/c1-34(2)21-15-17(12-8-11-16-9-6-5-7-10-16)26(36)23-19(21)13-18-14-20-25(35(3)4)28(38)24(31(33)41)30(40)32(20,42)29(39)22(18)27(23)37/h5-7,9-10,15,18,20,25,36,38-39,42H,11,13-14H2,1-4H3,(H2,33,41)/t18-,20-,25-,32-/m1/s1. The van der Waals surface area contributed by atoms with Gasteiger partial charge in [0, 0.05) is 37.7 Å². The van der Waals surface area contributed by atoms with Crippen LogP contribution in [-0.4, -0.2) is 82.6 Å². The number of hydrogen-bond acceptors (Lipinski definition) is 9. The van der Waals surface area contributed by atoms with E-state index in [0.29, 0.717) is 17.7 Å². The van der Waals surface area contributed by atoms with Crippen molar-refractivity contribution in [2.24, 2.45) is 17.6 Å². The summed E-state index contributed by atoms with van der Waals surface area (Å²) >= 11 is 0. The Morgan fingerprint density at radius 1 is 1.10 bits per heavy atom. The molecular formula is C32H33N3O7. The number of fused-ring (bicyclic) bond motifs is 3. The van der Waals surface area contributed by atoms with Gasteiger partial charge in [0.05, 0.1) is 17.2 Å². The van der Waals surface area contributed by atoms with Gasteiger partial charge < -0.3 is 31.1 Å². The number of primary amides is 1. The van der Waals surface area contributed by atoms with Crippen LogP contribution in [0, 0.1) is 23.7 Å². The van der Waals surface area contributed by atoms with Crippen LogP contribution < -0.4 is 10.6 Å². The summed E-state index contributed by atoms with van der Waals surface area (Å²) in [6.07, 6.45) is 0.647. The van der Waals surface area contributed by atoms with E-state index in [2.05, 4.69) is 11.8 Å². The van der Waals surface area contributed by atoms with Gasteiger partial charge in [-0.05, 0) is 50.0 Å². The summed E-state index contributed by atoms with van der Waals surface area (Å²) in [4.78, 5) is 43.1. The van der Waals surface area contributed by atoms with E-state index < -0.39 is 58.0 Å². The summed E-state index contributed by atoms with van der Waals surface area (Å²) in [6, 6.07) is 10.2. The molecule has 0 spiro atoms. The van der Waals surface area contributed by atoms with E-state index in [4.69, 9.17) is 5.73 Å². The average molecular weight is 572 g/mol. The highest BCUT2D eigenvalue weighted by atomic mass is 16.3. The Bertz CT molecular complexity index is 1650. The number of aromatic hydroxyl groups is 1. The number of carbonyl (C=O) groups excluding carboxylic acids is 3. The van der Waals surface area contributed by atoms with Gasteiger partial charge in [-0.3, -0.25) is 19.3 Å². The minimum absolute atomic E-state index is 0.0258. The average Bonchev–Trinajstić information content (AvgIpc) is 2.92. The molecule has 0 unspecified atom stereocenters. The van der Waals surface area contributed by atoms with Gasteiger partial charge in [0.15, 0.2) is 11.4 Å². The van der Waals surface area contributed by atoms with Crippen LogP contribution in [0.4, 0.5) is 5.69 Å². The zero-order valence-corrected chi connectivity index (χ0v) is 23.8. The highest BCUT2D eigenvalue weighted by molar-refractivity contribution is 6.25. The molecule has 2 aromatic rings. The topological polar surface area (TPSA) is 165 Å². The zero-order chi connectivity index (χ0) is 30.7. The summed E-state index contributed by atoms with van der Waals surface area (Å²) in [5.41, 5.74) is 4.01. The van der Waals surface area contributed by atoms with E-state index in [1.165, 1.54) is 4.90 Å². The third-order valence-electron chi connectivity index (χ3n) is 8.54. The molecule has 4 atom stereocenters. The molecule has 218 valence electrons. The van der Waals surface area contributed by atoms with Crippen LogP contribution >= 0.6 is 0 Å². The predicted molar refractivity (Wildman–Crippen MR) is 155 cm³/mol. The summed E-state index contributed by atoms with van der Waals surface area (Å²) in [5.74, 6) is -0.860. The van der Waals surface area contributed by atoms with Crippen LogP contribution in [0.15, 0.2) is 59.1 Å². The number of amides is 1. The minimum Gasteiger partial charge on any atom is -0.510 e. The number of benzene rings is 2. The molecule has 1 amide bonds. The maximum absolute atomic E-state index is 14.1. The van der Waals surface area contributed by atoms with Crippen LogP contribution in [0.3, 0.4) is 0 Å². The van der Waals surface area contributed by atoms with E-state index in [1.807, 2.05) is 35.2 Å². The van der Waals surface area contributed by atoms with E-state index >= 15 is 0 Å². The van der Waals surface area contributed by atoms with Gasteiger partial charge >= 0.3 is 0 Å². The summed E-state index contributed by atoms with van der Waals surface area (Å²) in [5, 5.41) is 45.5. The number of phenolic OH excluding ortho intramolecular Hbond substituents is 1. The number of allylic oxidation sites excluding steroid dienone is 1. The van der Waals surface area contributed by atoms with Gasteiger partial charge in [-0.25, -0.2) is 0 Å². The number of aliphatic hydroxyl groups excluding tert-OH is 2. The van der Waals surface area contributed by atoms with Crippen LogP contribution in [-0.2, 0) is 22.4 Å². The predicted octanol–water partition coefficient (Wildman–Crippen LogP) is 1.78. The molecule has 0 aliphatic heterocycles. The fourth-order valence-electron chi connectivity index (χ4n) is 6.63. The van der Waals surface area contributed by atoms with Crippen molar-refractivity contribution < 1.29 is 34.8 Å². The maximum atomic E-state index is 14.1. The Morgan fingerprint density at radius 2 is 1.76 bits per heavy atom. The number of likely N-dealkylation sites (N-methyl/N-ethyl adjacent to an activating group) is 1. The highest BCUT2D eigenvalue weighted by Crippen LogP contribution is 2.53. The Labute approximate surface area is 243 Å². The molecule has 0 aromatic heterocycles. The summed E-state index contributed by atoms with van der Waals surface area (Å²) in [6.45, 7) is 0. The van der Waals surface area contributed by atoms with Crippen LogP contribution in [0.25, 0.3) is 0 Å². The zero-order valence-electron chi connectivity index (χ0n) is 23.8. The normalized spacial score (nSPS) is 25.0. The number of anilines is 1. The van der Waals surface area contributed by atoms with Gasteiger partial charge in [0.25, 0.3) is 5.91 Å². The van der Waals surface area contributed by atoms with Crippen molar-refractivity contribution in [3.05, 3.63) is 81.3 Å². The molecule has 3 aliphatic rings. The second-order valence-corrected chi connectivity index (χ2v) is 11.5. The number of phenols is 1. The number of Topliss-reactive ketones (excluding diaryl/α,β-unsaturated/α-hetero) is 2. The Morgan fingerprint density at radius 3 is 2.36 bits per heavy atom. The van der Waals surface area contributed by atoms with Gasteiger partial charge in [-0.15, -0.1) is 0 Å². The first-order valence-corrected chi connectivity index (χ1v) is 13.5. The molecule has 0 radical (unpaired) electrons. The Hall–Kier alpha value is -4.59. The number of aliphatic hydroxyl groups is 3. The van der Waals surface area contributed by atoms with Crippen LogP contribution in [0.2, 0.25) is 0 Å². The van der Waals surface area contributed by atoms with Crippen molar-refractivity contribution >= 4 is 23.2 Å². The fourth-order valence-corrected chi connectivity index (χ4v) is 6.63. The lowest BCUT2D eigenvalue weighted by Gasteiger charge is -2.50. The van der Waals surface area contributed by atoms with Crippen LogP contribution in [0.1, 0.15) is 33.5 Å². The third kappa shape index (κ3) is 4.24. The first kappa shape index (κ1) is 28.9. The number of nitrogens with zero attached hydrogens (tertiary/aromatic N) is 2. The molecule has 3 aliphatic carbocycles. The van der Waals surface area contributed by atoms with Gasteiger partial charge in [-0.2, -0.15) is 0 Å². The lowest BCUT2D eigenvalue weighted by Crippen LogP contribution is -2.63. The lowest BCUT2D eigenvalue weighted by atomic mass is 9.58. The largest absolute Gasteiger partial charge is 0.510 e. The molecule has 42 heavy (non-hydrogen) atoms. The number of carbonyl (C=O) groups is 3. The summed E-state index contributed by atoms with van der Waals surface area (Å²) in [7, 11) is 6.79. The Balaban J connectivity index is 1.67. The Kier molecular flexibility index (Phi) is 7.13. The van der Waals surface area contributed by atoms with E-state index in [9.17, 15) is 34.8 Å². The second kappa shape index (κ2) is 10.4. The molecule has 2 aromatic carbocycles. The van der Waals surface area contributed by atoms with Crippen molar-refractivity contribution in [3.8, 4) is 17.6 Å². The van der Waals surface area contributed by atoms with E-state index in [1.54, 1.807) is 34.3 Å². The monoisotopic (exact) mass is 571 g/mol.